The van der Waals surface area contributed by atoms with Crippen molar-refractivity contribution in [1.82, 2.24) is 24.8 Å². The van der Waals surface area contributed by atoms with Gasteiger partial charge in [-0.25, -0.2) is 14.2 Å². The molecule has 4 atom stereocenters. The SMILES string of the molecule is CC1(C)O[C@@H]2[C@@H](CNCCCN(CCc3ccc(F)cc3)C(=O)OCC3c4ccccc4-c4ccccc43)C[C@@H](n3cc(-c4ccccc4)c4c(N)nc(Cl)nc43)[C@@H]2O1. The van der Waals surface area contributed by atoms with Crippen molar-refractivity contribution >= 4 is 34.5 Å². The standard InChI is InChI=1S/C47H48ClFN6O4/c1-47(2)58-41-31(25-39(42(41)59-47)55-27-37(30-11-4-3-5-12-30)40-43(50)52-45(48)53-44(40)55)26-51-22-10-23-54(24-21-29-17-19-32(49)20-18-29)46(56)57-28-38-35-15-8-6-13-33(35)34-14-7-9-16-36(34)38/h3-9,11-20,27,31,38-39,41-42,51H,10,21-26,28H2,1-2H3,(H2,50,52,53)/t31-,39-,41-,42+/m1/s1. The van der Waals surface area contributed by atoms with Crippen LogP contribution in [0.15, 0.2) is 109 Å². The third-order valence-corrected chi connectivity index (χ3v) is 12.2. The lowest BCUT2D eigenvalue weighted by atomic mass is 9.98. The van der Waals surface area contributed by atoms with E-state index in [2.05, 4.69) is 50.3 Å². The van der Waals surface area contributed by atoms with E-state index in [0.717, 1.165) is 28.5 Å². The Morgan fingerprint density at radius 3 is 2.32 bits per heavy atom. The molecular formula is C47H48ClFN6O4. The fourth-order valence-electron chi connectivity index (χ4n) is 9.34. The van der Waals surface area contributed by atoms with Gasteiger partial charge < -0.3 is 34.7 Å². The molecule has 4 aromatic carbocycles. The highest BCUT2D eigenvalue weighted by atomic mass is 35.5. The van der Waals surface area contributed by atoms with Gasteiger partial charge in [0.2, 0.25) is 5.28 Å². The largest absolute Gasteiger partial charge is 0.448 e. The molecule has 1 saturated carbocycles. The van der Waals surface area contributed by atoms with Crippen molar-refractivity contribution in [3.8, 4) is 22.3 Å². The monoisotopic (exact) mass is 814 g/mol. The number of aromatic nitrogens is 3. The molecule has 3 aliphatic rings. The molecule has 10 nitrogen and oxygen atoms in total. The topological polar surface area (TPSA) is 117 Å². The van der Waals surface area contributed by atoms with Crippen LogP contribution in [-0.4, -0.2) is 76.3 Å². The Kier molecular flexibility index (Phi) is 10.9. The molecule has 1 amide bonds. The van der Waals surface area contributed by atoms with Gasteiger partial charge in [0.25, 0.3) is 0 Å². The third kappa shape index (κ3) is 7.92. The van der Waals surface area contributed by atoms with Crippen molar-refractivity contribution in [2.75, 3.05) is 38.5 Å². The van der Waals surface area contributed by atoms with E-state index < -0.39 is 5.79 Å². The average molecular weight is 815 g/mol. The van der Waals surface area contributed by atoms with Crippen molar-refractivity contribution in [2.45, 2.75) is 63.1 Å². The van der Waals surface area contributed by atoms with E-state index >= 15 is 0 Å². The Labute approximate surface area is 348 Å². The Morgan fingerprint density at radius 2 is 1.59 bits per heavy atom. The molecule has 304 valence electrons. The first-order valence-corrected chi connectivity index (χ1v) is 20.8. The number of benzene rings is 4. The minimum atomic E-state index is -0.753. The molecule has 59 heavy (non-hydrogen) atoms. The lowest BCUT2D eigenvalue weighted by Gasteiger charge is -2.25. The number of hydrogen-bond donors (Lipinski definition) is 2. The number of nitrogen functional groups attached to an aromatic ring is 1. The molecule has 0 spiro atoms. The van der Waals surface area contributed by atoms with E-state index in [4.69, 9.17) is 31.5 Å². The first-order valence-electron chi connectivity index (χ1n) is 20.4. The highest BCUT2D eigenvalue weighted by Crippen LogP contribution is 2.49. The summed E-state index contributed by atoms with van der Waals surface area (Å²) in [5.74, 6) is -0.603. The summed E-state index contributed by atoms with van der Waals surface area (Å²) in [6.07, 6.45) is 3.44. The van der Waals surface area contributed by atoms with Gasteiger partial charge in [0.1, 0.15) is 30.0 Å². The summed E-state index contributed by atoms with van der Waals surface area (Å²) >= 11 is 6.40. The molecule has 3 N–H and O–H groups in total. The number of nitrogens with two attached hydrogens (primary N) is 1. The number of fused-ring (bicyclic) bond motifs is 5. The number of hydrogen-bond acceptors (Lipinski definition) is 8. The molecule has 1 aliphatic heterocycles. The fourth-order valence-corrected chi connectivity index (χ4v) is 9.51. The number of nitrogens with zero attached hydrogens (tertiary/aromatic N) is 4. The van der Waals surface area contributed by atoms with E-state index in [1.54, 1.807) is 17.0 Å². The minimum Gasteiger partial charge on any atom is -0.448 e. The van der Waals surface area contributed by atoms with Gasteiger partial charge in [0.05, 0.1) is 17.5 Å². The lowest BCUT2D eigenvalue weighted by Crippen LogP contribution is -2.37. The Morgan fingerprint density at radius 1 is 0.915 bits per heavy atom. The average Bonchev–Trinajstić information content (AvgIpc) is 3.96. The molecule has 9 rings (SSSR count). The van der Waals surface area contributed by atoms with Gasteiger partial charge in [-0.1, -0.05) is 91.0 Å². The number of rotatable bonds is 13. The predicted molar refractivity (Wildman–Crippen MR) is 228 cm³/mol. The quantitative estimate of drug-likeness (QED) is 0.0877. The Hall–Kier alpha value is -5.33. The maximum Gasteiger partial charge on any atom is 0.409 e. The van der Waals surface area contributed by atoms with E-state index in [0.29, 0.717) is 50.5 Å². The van der Waals surface area contributed by atoms with E-state index in [9.17, 15) is 9.18 Å². The highest BCUT2D eigenvalue weighted by molar-refractivity contribution is 6.29. The zero-order valence-electron chi connectivity index (χ0n) is 33.2. The number of halogens is 2. The molecule has 12 heteroatoms. The second kappa shape index (κ2) is 16.4. The maximum absolute atomic E-state index is 13.8. The van der Waals surface area contributed by atoms with Crippen molar-refractivity contribution in [2.24, 2.45) is 5.92 Å². The molecule has 3 heterocycles. The molecule has 2 aliphatic carbocycles. The summed E-state index contributed by atoms with van der Waals surface area (Å²) in [6, 6.07) is 33.1. The van der Waals surface area contributed by atoms with Crippen molar-refractivity contribution in [3.05, 3.63) is 137 Å². The van der Waals surface area contributed by atoms with Gasteiger partial charge in [-0.15, -0.1) is 0 Å². The molecule has 0 unspecified atom stereocenters. The summed E-state index contributed by atoms with van der Waals surface area (Å²) in [4.78, 5) is 24.6. The molecule has 2 aromatic heterocycles. The van der Waals surface area contributed by atoms with Gasteiger partial charge in [-0.3, -0.25) is 0 Å². The van der Waals surface area contributed by atoms with Gasteiger partial charge in [-0.2, -0.15) is 4.98 Å². The second-order valence-electron chi connectivity index (χ2n) is 16.2. The van der Waals surface area contributed by atoms with Crippen molar-refractivity contribution < 1.29 is 23.4 Å². The number of carbonyl (C=O) groups is 1. The van der Waals surface area contributed by atoms with Crippen LogP contribution >= 0.6 is 11.6 Å². The molecular weight excluding hydrogens is 767 g/mol. The van der Waals surface area contributed by atoms with Crippen LogP contribution in [0.1, 0.15) is 55.3 Å². The highest BCUT2D eigenvalue weighted by Gasteiger charge is 2.54. The number of amides is 1. The maximum atomic E-state index is 13.8. The van der Waals surface area contributed by atoms with Gasteiger partial charge >= 0.3 is 6.09 Å². The van der Waals surface area contributed by atoms with Crippen LogP contribution in [0.3, 0.4) is 0 Å². The van der Waals surface area contributed by atoms with Crippen molar-refractivity contribution in [3.63, 3.8) is 0 Å². The molecule has 0 radical (unpaired) electrons. The van der Waals surface area contributed by atoms with E-state index in [-0.39, 0.29) is 53.9 Å². The van der Waals surface area contributed by atoms with E-state index in [1.165, 1.54) is 34.4 Å². The van der Waals surface area contributed by atoms with Gasteiger partial charge in [0.15, 0.2) is 5.79 Å². The van der Waals surface area contributed by atoms with Crippen LogP contribution in [0.2, 0.25) is 5.28 Å². The predicted octanol–water partition coefficient (Wildman–Crippen LogP) is 9.03. The molecule has 6 aromatic rings. The van der Waals surface area contributed by atoms with Gasteiger partial charge in [-0.05, 0) is 96.8 Å². The first-order chi connectivity index (χ1) is 28.6. The summed E-state index contributed by atoms with van der Waals surface area (Å²) in [7, 11) is 0. The van der Waals surface area contributed by atoms with Crippen LogP contribution < -0.4 is 11.1 Å². The number of anilines is 1. The van der Waals surface area contributed by atoms with Crippen LogP contribution in [0.5, 0.6) is 0 Å². The van der Waals surface area contributed by atoms with Crippen molar-refractivity contribution in [1.29, 1.82) is 0 Å². The Bertz CT molecular complexity index is 2420. The molecule has 0 bridgehead atoms. The number of carbonyl (C=O) groups excluding carboxylic acids is 1. The molecule has 2 fully saturated rings. The number of ether oxygens (including phenoxy) is 3. The second-order valence-corrected chi connectivity index (χ2v) is 16.6. The van der Waals surface area contributed by atoms with E-state index in [1.807, 2.05) is 68.4 Å². The summed E-state index contributed by atoms with van der Waals surface area (Å²) in [6.45, 7) is 6.47. The van der Waals surface area contributed by atoms with Crippen LogP contribution in [0, 0.1) is 11.7 Å². The summed E-state index contributed by atoms with van der Waals surface area (Å²) < 4.78 is 35.1. The van der Waals surface area contributed by atoms with Crippen LogP contribution in [0.4, 0.5) is 15.0 Å². The first kappa shape index (κ1) is 39.1. The smallest absolute Gasteiger partial charge is 0.409 e. The molecule has 1 saturated heterocycles. The fraction of sp³-hybridized carbons (Fsp3) is 0.340. The van der Waals surface area contributed by atoms with Gasteiger partial charge in [0, 0.05) is 43.2 Å². The van der Waals surface area contributed by atoms with Crippen LogP contribution in [0.25, 0.3) is 33.3 Å². The lowest BCUT2D eigenvalue weighted by molar-refractivity contribution is -0.160. The van der Waals surface area contributed by atoms with Crippen LogP contribution in [-0.2, 0) is 20.6 Å². The number of nitrogens with one attached hydrogen (secondary N) is 1. The zero-order valence-corrected chi connectivity index (χ0v) is 33.9. The normalized spacial score (nSPS) is 20.4. The summed E-state index contributed by atoms with van der Waals surface area (Å²) in [5, 5.41) is 4.52. The third-order valence-electron chi connectivity index (χ3n) is 12.0. The zero-order chi connectivity index (χ0) is 40.7. The summed E-state index contributed by atoms with van der Waals surface area (Å²) in [5.41, 5.74) is 14.8. The Balaban J connectivity index is 0.871. The minimum absolute atomic E-state index is 0.0333.